The van der Waals surface area contributed by atoms with E-state index in [0.29, 0.717) is 11.3 Å². The minimum atomic E-state index is -3.81. The van der Waals surface area contributed by atoms with Crippen LogP contribution < -0.4 is 10.5 Å². The number of nitrogens with two attached hydrogens (primary N) is 1. The highest BCUT2D eigenvalue weighted by molar-refractivity contribution is 7.89. The van der Waals surface area contributed by atoms with Crippen molar-refractivity contribution in [3.05, 3.63) is 76.6 Å². The number of hydrogen-bond donors (Lipinski definition) is 2. The number of sulfonamides is 1. The van der Waals surface area contributed by atoms with E-state index in [4.69, 9.17) is 5.14 Å². The third-order valence-corrected chi connectivity index (χ3v) is 6.37. The van der Waals surface area contributed by atoms with Crippen LogP contribution in [0.2, 0.25) is 0 Å². The Morgan fingerprint density at radius 2 is 1.90 bits per heavy atom. The van der Waals surface area contributed by atoms with E-state index < -0.39 is 16.1 Å². The molecule has 4 rings (SSSR count). The molecule has 7 nitrogen and oxygen atoms in total. The van der Waals surface area contributed by atoms with Gasteiger partial charge in [-0.25, -0.2) is 18.2 Å². The van der Waals surface area contributed by atoms with Gasteiger partial charge < -0.3 is 5.32 Å². The zero-order chi connectivity index (χ0) is 21.5. The zero-order valence-electron chi connectivity index (χ0n) is 16.9. The summed E-state index contributed by atoms with van der Waals surface area (Å²) in [7, 11) is -3.81. The van der Waals surface area contributed by atoms with E-state index in [2.05, 4.69) is 10.4 Å². The highest BCUT2D eigenvalue weighted by Gasteiger charge is 2.27. The molecule has 1 aliphatic carbocycles. The van der Waals surface area contributed by atoms with E-state index in [1.165, 1.54) is 12.1 Å². The fourth-order valence-corrected chi connectivity index (χ4v) is 4.40. The van der Waals surface area contributed by atoms with Crippen molar-refractivity contribution in [2.45, 2.75) is 44.0 Å². The normalized spacial score (nSPS) is 14.4. The minimum Gasteiger partial charge on any atom is -0.344 e. The van der Waals surface area contributed by atoms with Gasteiger partial charge in [-0.3, -0.25) is 4.79 Å². The summed E-state index contributed by atoms with van der Waals surface area (Å²) in [5.41, 5.74) is 5.25. The van der Waals surface area contributed by atoms with Crippen LogP contribution in [0.1, 0.15) is 52.3 Å². The first-order valence-electron chi connectivity index (χ1n) is 9.85. The summed E-state index contributed by atoms with van der Waals surface area (Å²) < 4.78 is 25.1. The predicted octanol–water partition coefficient (Wildman–Crippen LogP) is 2.81. The summed E-state index contributed by atoms with van der Waals surface area (Å²) in [6.07, 6.45) is 2.69. The van der Waals surface area contributed by atoms with E-state index >= 15 is 0 Å². The summed E-state index contributed by atoms with van der Waals surface area (Å²) in [5.74, 6) is -0.271. The number of aryl methyl sites for hydroxylation is 1. The van der Waals surface area contributed by atoms with Gasteiger partial charge >= 0.3 is 0 Å². The Labute approximate surface area is 176 Å². The maximum Gasteiger partial charge on any atom is 0.272 e. The van der Waals surface area contributed by atoms with Crippen molar-refractivity contribution in [3.63, 3.8) is 0 Å². The lowest BCUT2D eigenvalue weighted by Gasteiger charge is -2.14. The standard InChI is InChI=1S/C22H24N4O3S/c1-14-9-11-17(12-10-14)26-20-8-4-7-19(20)21(25-26)22(27)24-15(2)16-5-3-6-18(13-16)30(23,28)29/h3,5-6,9-13,15H,4,7-8H2,1-2H3,(H,24,27)(H2,23,28,29). The molecule has 30 heavy (non-hydrogen) atoms. The van der Waals surface area contributed by atoms with Gasteiger partial charge in [-0.2, -0.15) is 5.10 Å². The number of aromatic nitrogens is 2. The van der Waals surface area contributed by atoms with E-state index in [-0.39, 0.29) is 10.8 Å². The van der Waals surface area contributed by atoms with E-state index in [1.54, 1.807) is 19.1 Å². The number of nitrogens with zero attached hydrogens (tertiary/aromatic N) is 2. The van der Waals surface area contributed by atoms with Gasteiger partial charge in [0.1, 0.15) is 0 Å². The monoisotopic (exact) mass is 424 g/mol. The van der Waals surface area contributed by atoms with E-state index in [1.807, 2.05) is 35.9 Å². The number of carbonyl (C=O) groups is 1. The summed E-state index contributed by atoms with van der Waals surface area (Å²) in [6.45, 7) is 3.83. The summed E-state index contributed by atoms with van der Waals surface area (Å²) in [4.78, 5) is 13.1. The summed E-state index contributed by atoms with van der Waals surface area (Å²) in [6, 6.07) is 13.9. The lowest BCUT2D eigenvalue weighted by atomic mass is 10.1. The lowest BCUT2D eigenvalue weighted by Crippen LogP contribution is -2.28. The second kappa shape index (κ2) is 7.70. The Hall–Kier alpha value is -2.97. The molecule has 0 spiro atoms. The third-order valence-electron chi connectivity index (χ3n) is 5.46. The quantitative estimate of drug-likeness (QED) is 0.657. The minimum absolute atomic E-state index is 0.0191. The smallest absolute Gasteiger partial charge is 0.272 e. The number of benzene rings is 2. The van der Waals surface area contributed by atoms with Gasteiger partial charge in [0.05, 0.1) is 16.6 Å². The number of carbonyl (C=O) groups excluding carboxylic acids is 1. The number of nitrogens with one attached hydrogen (secondary N) is 1. The maximum atomic E-state index is 13.0. The Balaban J connectivity index is 1.61. The molecular weight excluding hydrogens is 400 g/mol. The second-order valence-electron chi connectivity index (χ2n) is 7.69. The van der Waals surface area contributed by atoms with Crippen LogP contribution in [-0.4, -0.2) is 24.1 Å². The Bertz CT molecular complexity index is 1210. The van der Waals surface area contributed by atoms with Crippen molar-refractivity contribution in [3.8, 4) is 5.69 Å². The first kappa shape index (κ1) is 20.3. The lowest BCUT2D eigenvalue weighted by molar-refractivity contribution is 0.0933. The molecule has 3 aromatic rings. The van der Waals surface area contributed by atoms with Gasteiger partial charge in [0.25, 0.3) is 5.91 Å². The van der Waals surface area contributed by atoms with Gasteiger partial charge in [0.15, 0.2) is 5.69 Å². The second-order valence-corrected chi connectivity index (χ2v) is 9.25. The topological polar surface area (TPSA) is 107 Å². The van der Waals surface area contributed by atoms with E-state index in [9.17, 15) is 13.2 Å². The highest BCUT2D eigenvalue weighted by Crippen LogP contribution is 2.28. The maximum absolute atomic E-state index is 13.0. The number of fused-ring (bicyclic) bond motifs is 1. The van der Waals surface area contributed by atoms with Gasteiger partial charge in [0, 0.05) is 11.3 Å². The van der Waals surface area contributed by atoms with Crippen molar-refractivity contribution in [1.29, 1.82) is 0 Å². The molecule has 0 fully saturated rings. The average Bonchev–Trinajstić information content (AvgIpc) is 3.31. The van der Waals surface area contributed by atoms with Crippen molar-refractivity contribution in [1.82, 2.24) is 15.1 Å². The van der Waals surface area contributed by atoms with Gasteiger partial charge in [-0.05, 0) is 62.9 Å². The highest BCUT2D eigenvalue weighted by atomic mass is 32.2. The molecule has 8 heteroatoms. The SMILES string of the molecule is Cc1ccc(-n2nc(C(=O)NC(C)c3cccc(S(N)(=O)=O)c3)c3c2CCC3)cc1. The fourth-order valence-electron chi connectivity index (χ4n) is 3.83. The molecule has 3 N–H and O–H groups in total. The van der Waals surface area contributed by atoms with Crippen molar-refractivity contribution < 1.29 is 13.2 Å². The number of amides is 1. The molecule has 1 aromatic heterocycles. The van der Waals surface area contributed by atoms with Crippen LogP contribution in [0.15, 0.2) is 53.4 Å². The Morgan fingerprint density at radius 3 is 2.60 bits per heavy atom. The molecule has 2 aromatic carbocycles. The molecule has 1 unspecified atom stereocenters. The molecule has 1 atom stereocenters. The molecule has 156 valence electrons. The van der Waals surface area contributed by atoms with Gasteiger partial charge in [-0.15, -0.1) is 0 Å². The summed E-state index contributed by atoms with van der Waals surface area (Å²) in [5, 5.41) is 12.8. The number of rotatable bonds is 5. The van der Waals surface area contributed by atoms with Gasteiger partial charge in [0.2, 0.25) is 10.0 Å². The molecule has 0 radical (unpaired) electrons. The van der Waals surface area contributed by atoms with Crippen LogP contribution in [0.5, 0.6) is 0 Å². The number of primary sulfonamides is 1. The average molecular weight is 425 g/mol. The first-order chi connectivity index (χ1) is 14.2. The fraction of sp³-hybridized carbons (Fsp3) is 0.273. The Kier molecular flexibility index (Phi) is 5.21. The molecule has 1 aliphatic rings. The van der Waals surface area contributed by atoms with Crippen LogP contribution in [0.4, 0.5) is 0 Å². The Morgan fingerprint density at radius 1 is 1.17 bits per heavy atom. The van der Waals surface area contributed by atoms with Crippen LogP contribution in [0, 0.1) is 6.92 Å². The molecule has 0 saturated carbocycles. The molecule has 1 heterocycles. The van der Waals surface area contributed by atoms with Crippen molar-refractivity contribution in [2.24, 2.45) is 5.14 Å². The predicted molar refractivity (Wildman–Crippen MR) is 114 cm³/mol. The van der Waals surface area contributed by atoms with Crippen LogP contribution in [0.25, 0.3) is 5.69 Å². The van der Waals surface area contributed by atoms with Crippen molar-refractivity contribution >= 4 is 15.9 Å². The van der Waals surface area contributed by atoms with E-state index in [0.717, 1.165) is 41.8 Å². The number of hydrogen-bond acceptors (Lipinski definition) is 4. The molecular formula is C22H24N4O3S. The third kappa shape index (κ3) is 3.88. The summed E-state index contributed by atoms with van der Waals surface area (Å²) >= 11 is 0. The first-order valence-corrected chi connectivity index (χ1v) is 11.4. The van der Waals surface area contributed by atoms with Gasteiger partial charge in [-0.1, -0.05) is 29.8 Å². The molecule has 1 amide bonds. The molecule has 0 aliphatic heterocycles. The molecule has 0 saturated heterocycles. The van der Waals surface area contributed by atoms with Crippen LogP contribution in [0.3, 0.4) is 0 Å². The molecule has 0 bridgehead atoms. The van der Waals surface area contributed by atoms with Crippen LogP contribution >= 0.6 is 0 Å². The van der Waals surface area contributed by atoms with Crippen molar-refractivity contribution in [2.75, 3.05) is 0 Å². The van der Waals surface area contributed by atoms with Crippen LogP contribution in [-0.2, 0) is 22.9 Å². The zero-order valence-corrected chi connectivity index (χ0v) is 17.7. The largest absolute Gasteiger partial charge is 0.344 e.